The van der Waals surface area contributed by atoms with E-state index >= 15 is 0 Å². The molecular weight excluding hydrogens is 322 g/mol. The summed E-state index contributed by atoms with van der Waals surface area (Å²) < 4.78 is 11.0. The van der Waals surface area contributed by atoms with Gasteiger partial charge in [-0.2, -0.15) is 0 Å². The summed E-state index contributed by atoms with van der Waals surface area (Å²) in [4.78, 5) is 19.6. The molecular formula is C14H25N3O5S. The first-order valence-electron chi connectivity index (χ1n) is 7.74. The van der Waals surface area contributed by atoms with Gasteiger partial charge in [-0.25, -0.2) is 4.79 Å². The quantitative estimate of drug-likeness (QED) is 0.736. The number of fused-ring (bicyclic) bond motifs is 1. The van der Waals surface area contributed by atoms with Crippen LogP contribution < -0.4 is 0 Å². The Hall–Kier alpha value is -1.03. The second-order valence-electron chi connectivity index (χ2n) is 5.69. The molecule has 1 fully saturated rings. The molecule has 0 aromatic heterocycles. The molecule has 0 saturated carbocycles. The Morgan fingerprint density at radius 2 is 1.96 bits per heavy atom. The zero-order valence-electron chi connectivity index (χ0n) is 13.9. The summed E-state index contributed by atoms with van der Waals surface area (Å²) in [5, 5.41) is 21.2. The summed E-state index contributed by atoms with van der Waals surface area (Å²) in [6.45, 7) is 4.72. The van der Waals surface area contributed by atoms with Gasteiger partial charge >= 0.3 is 6.09 Å². The third kappa shape index (κ3) is 3.90. The van der Waals surface area contributed by atoms with Crippen molar-refractivity contribution in [3.05, 3.63) is 0 Å². The molecule has 0 spiro atoms. The van der Waals surface area contributed by atoms with Gasteiger partial charge in [-0.1, -0.05) is 11.8 Å². The molecule has 2 heterocycles. The van der Waals surface area contributed by atoms with Crippen molar-refractivity contribution in [3.8, 4) is 0 Å². The van der Waals surface area contributed by atoms with Crippen LogP contribution in [0.5, 0.6) is 0 Å². The number of aliphatic hydroxyl groups is 2. The lowest BCUT2D eigenvalue weighted by atomic mass is 9.99. The fraction of sp³-hybridized carbons (Fsp3) is 0.857. The highest BCUT2D eigenvalue weighted by atomic mass is 32.2. The van der Waals surface area contributed by atoms with Crippen molar-refractivity contribution < 1.29 is 24.5 Å². The van der Waals surface area contributed by atoms with Crippen LogP contribution in [0.1, 0.15) is 13.8 Å². The van der Waals surface area contributed by atoms with Crippen molar-refractivity contribution >= 4 is 23.0 Å². The predicted octanol–water partition coefficient (Wildman–Crippen LogP) is -0.0555. The van der Waals surface area contributed by atoms with Crippen LogP contribution in [-0.2, 0) is 9.47 Å². The Morgan fingerprint density at radius 3 is 2.52 bits per heavy atom. The van der Waals surface area contributed by atoms with Crippen molar-refractivity contribution in [2.24, 2.45) is 4.99 Å². The molecule has 9 heteroatoms. The summed E-state index contributed by atoms with van der Waals surface area (Å²) in [5.41, 5.74) is -0.386. The van der Waals surface area contributed by atoms with E-state index < -0.39 is 30.4 Å². The molecule has 0 aromatic rings. The number of rotatable bonds is 4. The highest BCUT2D eigenvalue weighted by Gasteiger charge is 2.48. The topological polar surface area (TPSA) is 94.8 Å². The average Bonchev–Trinajstić information content (AvgIpc) is 2.95. The number of hydrogen-bond acceptors (Lipinski definition) is 8. The van der Waals surface area contributed by atoms with Crippen LogP contribution in [0, 0.1) is 0 Å². The third-order valence-corrected chi connectivity index (χ3v) is 5.23. The number of aliphatic imine (C=N–C) groups is 1. The first-order chi connectivity index (χ1) is 10.9. The fourth-order valence-corrected chi connectivity index (χ4v) is 3.66. The second kappa shape index (κ2) is 7.69. The molecule has 0 unspecified atom stereocenters. The van der Waals surface area contributed by atoms with E-state index in [0.717, 1.165) is 5.17 Å². The molecule has 23 heavy (non-hydrogen) atoms. The summed E-state index contributed by atoms with van der Waals surface area (Å²) in [6, 6.07) is -0.512. The average molecular weight is 347 g/mol. The van der Waals surface area contributed by atoms with E-state index in [1.165, 1.54) is 16.7 Å². The smallest absolute Gasteiger partial charge is 0.409 e. The number of carbonyl (C=O) groups is 1. The zero-order chi connectivity index (χ0) is 17.1. The van der Waals surface area contributed by atoms with Crippen LogP contribution in [0.4, 0.5) is 4.79 Å². The van der Waals surface area contributed by atoms with Crippen molar-refractivity contribution in [3.63, 3.8) is 0 Å². The van der Waals surface area contributed by atoms with E-state index in [1.54, 1.807) is 0 Å². The van der Waals surface area contributed by atoms with Gasteiger partial charge in [0.1, 0.15) is 36.4 Å². The third-order valence-electron chi connectivity index (χ3n) is 3.92. The molecule has 0 aliphatic carbocycles. The van der Waals surface area contributed by atoms with Gasteiger partial charge in [0.15, 0.2) is 5.17 Å². The normalized spacial score (nSPS) is 33.0. The van der Waals surface area contributed by atoms with E-state index in [9.17, 15) is 15.0 Å². The van der Waals surface area contributed by atoms with Crippen molar-refractivity contribution in [1.29, 1.82) is 0 Å². The molecule has 2 rings (SSSR count). The molecule has 1 saturated heterocycles. The minimum atomic E-state index is -1.15. The van der Waals surface area contributed by atoms with Crippen molar-refractivity contribution in [1.82, 2.24) is 9.80 Å². The molecule has 0 aromatic carbocycles. The van der Waals surface area contributed by atoms with Gasteiger partial charge in [-0.3, -0.25) is 4.99 Å². The number of carbonyl (C=O) groups excluding carboxylic acids is 1. The molecule has 5 atom stereocenters. The lowest BCUT2D eigenvalue weighted by molar-refractivity contribution is -0.165. The maximum atomic E-state index is 11.9. The summed E-state index contributed by atoms with van der Waals surface area (Å²) in [7, 11) is 3.71. The highest BCUT2D eigenvalue weighted by molar-refractivity contribution is 8.14. The monoisotopic (exact) mass is 347 g/mol. The molecule has 0 bridgehead atoms. The van der Waals surface area contributed by atoms with Crippen LogP contribution in [0.15, 0.2) is 4.99 Å². The number of ether oxygens (including phenoxy) is 2. The Bertz CT molecular complexity index is 458. The lowest BCUT2D eigenvalue weighted by Crippen LogP contribution is -2.56. The van der Waals surface area contributed by atoms with E-state index in [2.05, 4.69) is 4.99 Å². The number of thioether (sulfide) groups is 1. The molecule has 8 nitrogen and oxygen atoms in total. The summed E-state index contributed by atoms with van der Waals surface area (Å²) in [6.07, 6.45) is -3.41. The number of amidine groups is 1. The molecule has 2 aliphatic heterocycles. The van der Waals surface area contributed by atoms with Gasteiger partial charge in [-0.05, 0) is 13.8 Å². The fourth-order valence-electron chi connectivity index (χ4n) is 2.50. The van der Waals surface area contributed by atoms with E-state index in [-0.39, 0.29) is 12.0 Å². The van der Waals surface area contributed by atoms with Crippen molar-refractivity contribution in [2.45, 2.75) is 43.6 Å². The largest absolute Gasteiger partial charge is 0.447 e. The first-order valence-corrected chi connectivity index (χ1v) is 8.62. The van der Waals surface area contributed by atoms with Gasteiger partial charge in [0.25, 0.3) is 0 Å². The Kier molecular flexibility index (Phi) is 6.12. The highest BCUT2D eigenvalue weighted by Crippen LogP contribution is 2.37. The van der Waals surface area contributed by atoms with E-state index in [4.69, 9.17) is 9.47 Å². The Labute approximate surface area is 140 Å². The number of amides is 1. The molecule has 1 amide bonds. The van der Waals surface area contributed by atoms with Gasteiger partial charge < -0.3 is 29.5 Å². The maximum Gasteiger partial charge on any atom is 0.409 e. The van der Waals surface area contributed by atoms with Crippen LogP contribution in [0.2, 0.25) is 0 Å². The Balaban J connectivity index is 1.95. The SMILES string of the molecule is CCN(CC)C(=O)OC[C@H]1O[C@@H]2SC(N(C)C)=N[C@@H]2[C@@H](O)[C@@H]1O. The minimum Gasteiger partial charge on any atom is -0.447 e. The van der Waals surface area contributed by atoms with Crippen LogP contribution in [-0.4, -0.2) is 94.9 Å². The van der Waals surface area contributed by atoms with E-state index in [1.807, 2.05) is 32.8 Å². The van der Waals surface area contributed by atoms with Gasteiger partial charge in [0, 0.05) is 27.2 Å². The number of aliphatic hydroxyl groups excluding tert-OH is 2. The van der Waals surface area contributed by atoms with Gasteiger partial charge in [0.2, 0.25) is 0 Å². The molecule has 0 radical (unpaired) electrons. The molecule has 132 valence electrons. The van der Waals surface area contributed by atoms with Crippen LogP contribution in [0.25, 0.3) is 0 Å². The zero-order valence-corrected chi connectivity index (χ0v) is 14.7. The number of nitrogens with zero attached hydrogens (tertiary/aromatic N) is 3. The van der Waals surface area contributed by atoms with Crippen molar-refractivity contribution in [2.75, 3.05) is 33.8 Å². The van der Waals surface area contributed by atoms with Gasteiger partial charge in [0.05, 0.1) is 0 Å². The standard InChI is InChI=1S/C14H25N3O5S/c1-5-17(6-2)14(20)21-7-8-10(18)11(19)9-12(22-8)23-13(15-9)16(3)4/h8-12,18-19H,5-7H2,1-4H3/t8-,9-,10-,11-,12-/m1/s1. The second-order valence-corrected chi connectivity index (χ2v) is 6.75. The van der Waals surface area contributed by atoms with Gasteiger partial charge in [-0.15, -0.1) is 0 Å². The van der Waals surface area contributed by atoms with Crippen LogP contribution >= 0.6 is 11.8 Å². The van der Waals surface area contributed by atoms with Crippen LogP contribution in [0.3, 0.4) is 0 Å². The Morgan fingerprint density at radius 1 is 1.30 bits per heavy atom. The lowest BCUT2D eigenvalue weighted by Gasteiger charge is -2.38. The molecule has 2 N–H and O–H groups in total. The summed E-state index contributed by atoms with van der Waals surface area (Å²) in [5.74, 6) is 0. The van der Waals surface area contributed by atoms with E-state index in [0.29, 0.717) is 13.1 Å². The predicted molar refractivity (Wildman–Crippen MR) is 87.4 cm³/mol. The summed E-state index contributed by atoms with van der Waals surface area (Å²) >= 11 is 1.39. The molecule has 2 aliphatic rings. The number of hydrogen-bond donors (Lipinski definition) is 2. The minimum absolute atomic E-state index is 0.103. The maximum absolute atomic E-state index is 11.9. The first kappa shape index (κ1) is 18.3.